The predicted octanol–water partition coefficient (Wildman–Crippen LogP) is 4.01. The van der Waals surface area contributed by atoms with Crippen molar-refractivity contribution in [2.45, 2.75) is 26.1 Å². The Hall–Kier alpha value is -2.70. The monoisotopic (exact) mass is 352 g/mol. The van der Waals surface area contributed by atoms with E-state index >= 15 is 0 Å². The highest BCUT2D eigenvalue weighted by atomic mass is 19.4. The number of halogens is 3. The molecule has 0 spiro atoms. The van der Waals surface area contributed by atoms with Gasteiger partial charge in [0.05, 0.1) is 6.04 Å². The third-order valence-corrected chi connectivity index (χ3v) is 3.64. The fraction of sp³-hybridized carbons (Fsp3) is 0.278. The summed E-state index contributed by atoms with van der Waals surface area (Å²) in [6, 6.07) is 10.9. The lowest BCUT2D eigenvalue weighted by Gasteiger charge is -2.16. The number of carbonyl (C=O) groups is 1. The fourth-order valence-electron chi connectivity index (χ4n) is 2.26. The fourth-order valence-corrected chi connectivity index (χ4v) is 2.26. The van der Waals surface area contributed by atoms with Crippen LogP contribution in [0.3, 0.4) is 0 Å². The second kappa shape index (κ2) is 7.46. The molecule has 1 amide bonds. The summed E-state index contributed by atoms with van der Waals surface area (Å²) in [4.78, 5) is 12.4. The smallest absolute Gasteiger partial charge is 0.422 e. The number of carbonyl (C=O) groups excluding carboxylic acids is 1. The zero-order chi connectivity index (χ0) is 18.6. The molecule has 3 N–H and O–H groups in total. The Morgan fingerprint density at radius 3 is 2.44 bits per heavy atom. The first-order valence-corrected chi connectivity index (χ1v) is 7.62. The van der Waals surface area contributed by atoms with Crippen LogP contribution in [-0.4, -0.2) is 18.7 Å². The van der Waals surface area contributed by atoms with Gasteiger partial charge in [-0.2, -0.15) is 13.2 Å². The first kappa shape index (κ1) is 18.6. The largest absolute Gasteiger partial charge is 0.484 e. The maximum atomic E-state index is 12.4. The Morgan fingerprint density at radius 2 is 1.84 bits per heavy atom. The number of ether oxygens (including phenoxy) is 1. The number of benzene rings is 2. The highest BCUT2D eigenvalue weighted by molar-refractivity contribution is 5.96. The molecule has 2 rings (SSSR count). The molecule has 0 aromatic heterocycles. The molecule has 0 fully saturated rings. The van der Waals surface area contributed by atoms with Gasteiger partial charge >= 0.3 is 6.18 Å². The van der Waals surface area contributed by atoms with Gasteiger partial charge in [-0.1, -0.05) is 18.2 Å². The van der Waals surface area contributed by atoms with Crippen molar-refractivity contribution < 1.29 is 22.7 Å². The van der Waals surface area contributed by atoms with Crippen LogP contribution in [0.5, 0.6) is 5.75 Å². The molecule has 0 aliphatic heterocycles. The van der Waals surface area contributed by atoms with Crippen LogP contribution >= 0.6 is 0 Å². The summed E-state index contributed by atoms with van der Waals surface area (Å²) in [5, 5.41) is 2.84. The van der Waals surface area contributed by atoms with Crippen LogP contribution in [0.1, 0.15) is 34.5 Å². The van der Waals surface area contributed by atoms with Gasteiger partial charge < -0.3 is 15.8 Å². The van der Waals surface area contributed by atoms with Crippen LogP contribution in [0.4, 0.5) is 18.9 Å². The summed E-state index contributed by atoms with van der Waals surface area (Å²) in [7, 11) is 0. The second-order valence-electron chi connectivity index (χ2n) is 5.74. The zero-order valence-corrected chi connectivity index (χ0v) is 13.9. The Balaban J connectivity index is 2.02. The molecule has 7 heteroatoms. The minimum atomic E-state index is -4.38. The van der Waals surface area contributed by atoms with E-state index in [1.807, 2.05) is 6.92 Å². The number of anilines is 1. The van der Waals surface area contributed by atoms with Crippen LogP contribution < -0.4 is 15.8 Å². The van der Waals surface area contributed by atoms with Crippen LogP contribution in [0.15, 0.2) is 42.5 Å². The number of nitrogens with two attached hydrogens (primary N) is 1. The molecule has 0 radical (unpaired) electrons. The number of amides is 1. The van der Waals surface area contributed by atoms with Crippen molar-refractivity contribution in [3.63, 3.8) is 0 Å². The van der Waals surface area contributed by atoms with E-state index in [2.05, 4.69) is 10.1 Å². The van der Waals surface area contributed by atoms with Gasteiger partial charge in [0.15, 0.2) is 6.61 Å². The maximum Gasteiger partial charge on any atom is 0.422 e. The van der Waals surface area contributed by atoms with Gasteiger partial charge in [-0.25, -0.2) is 0 Å². The molecule has 0 saturated carbocycles. The van der Waals surface area contributed by atoms with E-state index in [9.17, 15) is 18.0 Å². The van der Waals surface area contributed by atoms with Crippen molar-refractivity contribution >= 4 is 11.6 Å². The summed E-state index contributed by atoms with van der Waals surface area (Å²) >= 11 is 0. The lowest BCUT2D eigenvalue weighted by molar-refractivity contribution is -0.153. The van der Waals surface area contributed by atoms with E-state index in [1.54, 1.807) is 37.3 Å². The van der Waals surface area contributed by atoms with Gasteiger partial charge in [-0.15, -0.1) is 0 Å². The molecular formula is C18H19F3N2O2. The molecule has 134 valence electrons. The lowest BCUT2D eigenvalue weighted by atomic mass is 10.0. The number of hydrogen-bond donors (Lipinski definition) is 2. The van der Waals surface area contributed by atoms with Crippen molar-refractivity contribution in [3.05, 3.63) is 59.2 Å². The number of rotatable bonds is 5. The Labute approximate surface area is 143 Å². The van der Waals surface area contributed by atoms with Gasteiger partial charge in [0.25, 0.3) is 5.91 Å². The summed E-state index contributed by atoms with van der Waals surface area (Å²) in [6.45, 7) is 2.25. The topological polar surface area (TPSA) is 64.4 Å². The molecule has 0 bridgehead atoms. The lowest BCUT2D eigenvalue weighted by Crippen LogP contribution is -2.27. The molecule has 1 unspecified atom stereocenters. The molecule has 0 heterocycles. The van der Waals surface area contributed by atoms with Gasteiger partial charge in [-0.3, -0.25) is 4.79 Å². The van der Waals surface area contributed by atoms with E-state index in [0.717, 1.165) is 11.1 Å². The van der Waals surface area contributed by atoms with Crippen LogP contribution in [-0.2, 0) is 0 Å². The zero-order valence-electron chi connectivity index (χ0n) is 13.9. The summed E-state index contributed by atoms with van der Waals surface area (Å²) in [5.74, 6) is -0.152. The van der Waals surface area contributed by atoms with Gasteiger partial charge in [0, 0.05) is 11.3 Å². The molecule has 0 aliphatic carbocycles. The molecule has 2 aromatic rings. The average Bonchev–Trinajstić information content (AvgIpc) is 2.54. The Kier molecular flexibility index (Phi) is 5.56. The number of aryl methyl sites for hydroxylation is 1. The van der Waals surface area contributed by atoms with Gasteiger partial charge in [0.2, 0.25) is 0 Å². The van der Waals surface area contributed by atoms with Crippen molar-refractivity contribution in [1.29, 1.82) is 0 Å². The molecule has 4 nitrogen and oxygen atoms in total. The van der Waals surface area contributed by atoms with Gasteiger partial charge in [0.1, 0.15) is 5.75 Å². The van der Waals surface area contributed by atoms with Crippen molar-refractivity contribution in [1.82, 2.24) is 5.32 Å². The summed E-state index contributed by atoms with van der Waals surface area (Å²) in [6.07, 6.45) is -4.38. The Bertz CT molecular complexity index is 743. The normalized spacial score (nSPS) is 12.5. The van der Waals surface area contributed by atoms with Crippen molar-refractivity contribution in [2.75, 3.05) is 12.3 Å². The van der Waals surface area contributed by atoms with Gasteiger partial charge in [-0.05, 0) is 49.2 Å². The molecule has 25 heavy (non-hydrogen) atoms. The van der Waals surface area contributed by atoms with E-state index in [-0.39, 0.29) is 17.7 Å². The minimum absolute atomic E-state index is 0.117. The molecular weight excluding hydrogens is 333 g/mol. The molecule has 1 atom stereocenters. The van der Waals surface area contributed by atoms with Crippen LogP contribution in [0, 0.1) is 6.92 Å². The second-order valence-corrected chi connectivity index (χ2v) is 5.74. The number of nitrogen functional groups attached to an aromatic ring is 1. The predicted molar refractivity (Wildman–Crippen MR) is 89.5 cm³/mol. The average molecular weight is 352 g/mol. The first-order valence-electron chi connectivity index (χ1n) is 7.62. The summed E-state index contributed by atoms with van der Waals surface area (Å²) < 4.78 is 41.1. The van der Waals surface area contributed by atoms with E-state index in [0.29, 0.717) is 11.3 Å². The van der Waals surface area contributed by atoms with Crippen molar-refractivity contribution in [3.8, 4) is 5.75 Å². The number of alkyl halides is 3. The standard InChI is InChI=1S/C18H19F3N2O2/c1-11-3-6-14(22)9-16(11)17(24)23-12(2)13-4-7-15(8-5-13)25-10-18(19,20)21/h3-9,12H,10,22H2,1-2H3,(H,23,24). The number of hydrogen-bond acceptors (Lipinski definition) is 3. The third kappa shape index (κ3) is 5.41. The molecule has 2 aromatic carbocycles. The third-order valence-electron chi connectivity index (χ3n) is 3.64. The SMILES string of the molecule is Cc1ccc(N)cc1C(=O)NC(C)c1ccc(OCC(F)(F)F)cc1. The molecule has 0 aliphatic rings. The van der Waals surface area contributed by atoms with E-state index in [1.165, 1.54) is 12.1 Å². The number of nitrogens with one attached hydrogen (secondary N) is 1. The molecule has 0 saturated heterocycles. The highest BCUT2D eigenvalue weighted by Gasteiger charge is 2.28. The summed E-state index contributed by atoms with van der Waals surface area (Å²) in [5.41, 5.74) is 8.23. The highest BCUT2D eigenvalue weighted by Crippen LogP contribution is 2.21. The first-order chi connectivity index (χ1) is 11.7. The van der Waals surface area contributed by atoms with E-state index < -0.39 is 12.8 Å². The quantitative estimate of drug-likeness (QED) is 0.799. The van der Waals surface area contributed by atoms with Crippen LogP contribution in [0.2, 0.25) is 0 Å². The minimum Gasteiger partial charge on any atom is -0.484 e. The van der Waals surface area contributed by atoms with E-state index in [4.69, 9.17) is 5.73 Å². The maximum absolute atomic E-state index is 12.4. The van der Waals surface area contributed by atoms with Crippen LogP contribution in [0.25, 0.3) is 0 Å². The Morgan fingerprint density at radius 1 is 1.20 bits per heavy atom. The van der Waals surface area contributed by atoms with Crippen molar-refractivity contribution in [2.24, 2.45) is 0 Å².